The minimum absolute atomic E-state index is 0.107. The van der Waals surface area contributed by atoms with Crippen molar-refractivity contribution in [2.24, 2.45) is 0 Å². The smallest absolute Gasteiger partial charge is 0.251 e. The summed E-state index contributed by atoms with van der Waals surface area (Å²) in [4.78, 5) is 11.8. The monoisotopic (exact) mass is 401 g/mol. The van der Waals surface area contributed by atoms with Crippen LogP contribution in [0, 0.1) is 3.57 Å². The van der Waals surface area contributed by atoms with E-state index in [4.69, 9.17) is 16.3 Å². The van der Waals surface area contributed by atoms with Crippen molar-refractivity contribution < 1.29 is 9.53 Å². The zero-order chi connectivity index (χ0) is 14.4. The Morgan fingerprint density at radius 2 is 1.85 bits per heavy atom. The molecule has 1 N–H and O–H groups in total. The molecular weight excluding hydrogens is 389 g/mol. The summed E-state index contributed by atoms with van der Waals surface area (Å²) in [6, 6.07) is 14.6. The molecule has 0 aliphatic rings. The Hall–Kier alpha value is -1.27. The molecule has 5 heteroatoms. The SMILES string of the molecule is O=C(NCCOc1ccccc1Cl)c1ccc(I)cc1. The summed E-state index contributed by atoms with van der Waals surface area (Å²) in [6.07, 6.45) is 0. The molecule has 0 atom stereocenters. The molecule has 0 heterocycles. The fourth-order valence-corrected chi connectivity index (χ4v) is 2.14. The molecule has 2 aromatic rings. The molecule has 0 fully saturated rings. The van der Waals surface area contributed by atoms with Gasteiger partial charge in [-0.25, -0.2) is 0 Å². The summed E-state index contributed by atoms with van der Waals surface area (Å²) >= 11 is 8.16. The minimum atomic E-state index is -0.107. The highest BCUT2D eigenvalue weighted by molar-refractivity contribution is 14.1. The maximum absolute atomic E-state index is 11.8. The van der Waals surface area contributed by atoms with Gasteiger partial charge in [0.25, 0.3) is 5.91 Å². The number of ether oxygens (including phenoxy) is 1. The number of rotatable bonds is 5. The van der Waals surface area contributed by atoms with Crippen LogP contribution < -0.4 is 10.1 Å². The van der Waals surface area contributed by atoms with E-state index in [9.17, 15) is 4.79 Å². The van der Waals surface area contributed by atoms with Crippen molar-refractivity contribution in [3.8, 4) is 5.75 Å². The molecule has 3 nitrogen and oxygen atoms in total. The average molecular weight is 402 g/mol. The first-order valence-corrected chi connectivity index (χ1v) is 7.53. The zero-order valence-corrected chi connectivity index (χ0v) is 13.5. The Morgan fingerprint density at radius 3 is 2.55 bits per heavy atom. The van der Waals surface area contributed by atoms with E-state index in [2.05, 4.69) is 27.9 Å². The molecule has 0 saturated heterocycles. The number of nitrogens with one attached hydrogen (secondary N) is 1. The lowest BCUT2D eigenvalue weighted by atomic mass is 10.2. The van der Waals surface area contributed by atoms with E-state index in [0.717, 1.165) is 3.57 Å². The standard InChI is InChI=1S/C15H13ClINO2/c16-13-3-1-2-4-14(13)20-10-9-18-15(19)11-5-7-12(17)8-6-11/h1-8H,9-10H2,(H,18,19). The second-order valence-electron chi connectivity index (χ2n) is 4.04. The van der Waals surface area contributed by atoms with E-state index in [1.165, 1.54) is 0 Å². The highest BCUT2D eigenvalue weighted by Crippen LogP contribution is 2.22. The van der Waals surface area contributed by atoms with E-state index in [1.807, 2.05) is 24.3 Å². The van der Waals surface area contributed by atoms with Crippen LogP contribution in [0.15, 0.2) is 48.5 Å². The molecule has 0 bridgehead atoms. The topological polar surface area (TPSA) is 38.3 Å². The number of hydrogen-bond donors (Lipinski definition) is 1. The van der Waals surface area contributed by atoms with Crippen LogP contribution in [-0.4, -0.2) is 19.1 Å². The molecule has 1 amide bonds. The van der Waals surface area contributed by atoms with Crippen LogP contribution in [0.5, 0.6) is 5.75 Å². The average Bonchev–Trinajstić information content (AvgIpc) is 2.46. The van der Waals surface area contributed by atoms with Crippen LogP contribution >= 0.6 is 34.2 Å². The third kappa shape index (κ3) is 4.38. The molecule has 0 aliphatic heterocycles. The number of halogens is 2. The second kappa shape index (κ2) is 7.50. The second-order valence-corrected chi connectivity index (χ2v) is 5.69. The van der Waals surface area contributed by atoms with Crippen molar-refractivity contribution in [1.82, 2.24) is 5.32 Å². The molecule has 0 aromatic heterocycles. The largest absolute Gasteiger partial charge is 0.490 e. The van der Waals surface area contributed by atoms with E-state index in [1.54, 1.807) is 24.3 Å². The number of carbonyl (C=O) groups excluding carboxylic acids is 1. The lowest BCUT2D eigenvalue weighted by Gasteiger charge is -2.09. The lowest BCUT2D eigenvalue weighted by molar-refractivity contribution is 0.0947. The van der Waals surface area contributed by atoms with Gasteiger partial charge < -0.3 is 10.1 Å². The summed E-state index contributed by atoms with van der Waals surface area (Å²) in [5.74, 6) is 0.516. The van der Waals surface area contributed by atoms with Crippen LogP contribution in [0.2, 0.25) is 5.02 Å². The van der Waals surface area contributed by atoms with Crippen LogP contribution in [0.1, 0.15) is 10.4 Å². The highest BCUT2D eigenvalue weighted by atomic mass is 127. The van der Waals surface area contributed by atoms with Crippen molar-refractivity contribution in [1.29, 1.82) is 0 Å². The van der Waals surface area contributed by atoms with Gasteiger partial charge in [0.15, 0.2) is 0 Å². The van der Waals surface area contributed by atoms with Gasteiger partial charge in [0.05, 0.1) is 11.6 Å². The number of hydrogen-bond acceptors (Lipinski definition) is 2. The van der Waals surface area contributed by atoms with Crippen molar-refractivity contribution >= 4 is 40.1 Å². The van der Waals surface area contributed by atoms with Gasteiger partial charge in [-0.2, -0.15) is 0 Å². The van der Waals surface area contributed by atoms with Gasteiger partial charge in [0, 0.05) is 9.13 Å². The van der Waals surface area contributed by atoms with Crippen molar-refractivity contribution in [3.05, 3.63) is 62.7 Å². The predicted octanol–water partition coefficient (Wildman–Crippen LogP) is 3.75. The van der Waals surface area contributed by atoms with Crippen molar-refractivity contribution in [2.75, 3.05) is 13.2 Å². The van der Waals surface area contributed by atoms with Crippen LogP contribution in [0.4, 0.5) is 0 Å². The third-order valence-corrected chi connectivity index (χ3v) is 3.62. The van der Waals surface area contributed by atoms with Gasteiger partial charge in [-0.05, 0) is 59.0 Å². The Morgan fingerprint density at radius 1 is 1.15 bits per heavy atom. The van der Waals surface area contributed by atoms with Crippen LogP contribution in [0.25, 0.3) is 0 Å². The quantitative estimate of drug-likeness (QED) is 0.612. The molecule has 2 aromatic carbocycles. The molecule has 2 rings (SSSR count). The molecule has 0 saturated carbocycles. The van der Waals surface area contributed by atoms with Gasteiger partial charge in [-0.3, -0.25) is 4.79 Å². The van der Waals surface area contributed by atoms with Crippen molar-refractivity contribution in [3.63, 3.8) is 0 Å². The molecule has 0 unspecified atom stereocenters. The molecule has 20 heavy (non-hydrogen) atoms. The normalized spacial score (nSPS) is 10.1. The first kappa shape index (κ1) is 15.1. The summed E-state index contributed by atoms with van der Waals surface area (Å²) in [5.41, 5.74) is 0.642. The van der Waals surface area contributed by atoms with Crippen LogP contribution in [-0.2, 0) is 0 Å². The first-order chi connectivity index (χ1) is 9.66. The summed E-state index contributed by atoms with van der Waals surface area (Å²) < 4.78 is 6.59. The van der Waals surface area contributed by atoms with E-state index in [0.29, 0.717) is 29.5 Å². The molecule has 0 aliphatic carbocycles. The number of benzene rings is 2. The summed E-state index contributed by atoms with van der Waals surface area (Å²) in [5, 5.41) is 3.36. The zero-order valence-electron chi connectivity index (χ0n) is 10.6. The van der Waals surface area contributed by atoms with E-state index in [-0.39, 0.29) is 5.91 Å². The molecule has 104 valence electrons. The molecule has 0 radical (unpaired) electrons. The first-order valence-electron chi connectivity index (χ1n) is 6.08. The molecule has 0 spiro atoms. The fraction of sp³-hybridized carbons (Fsp3) is 0.133. The van der Waals surface area contributed by atoms with Gasteiger partial charge in [-0.15, -0.1) is 0 Å². The van der Waals surface area contributed by atoms with Gasteiger partial charge in [-0.1, -0.05) is 23.7 Å². The fourth-order valence-electron chi connectivity index (χ4n) is 1.59. The third-order valence-electron chi connectivity index (χ3n) is 2.59. The maximum Gasteiger partial charge on any atom is 0.251 e. The van der Waals surface area contributed by atoms with Gasteiger partial charge in [0.1, 0.15) is 12.4 Å². The van der Waals surface area contributed by atoms with Crippen LogP contribution in [0.3, 0.4) is 0 Å². The Bertz CT molecular complexity index is 587. The van der Waals surface area contributed by atoms with E-state index >= 15 is 0 Å². The Balaban J connectivity index is 1.77. The maximum atomic E-state index is 11.8. The lowest BCUT2D eigenvalue weighted by Crippen LogP contribution is -2.28. The number of amides is 1. The highest BCUT2D eigenvalue weighted by Gasteiger charge is 2.04. The predicted molar refractivity (Wildman–Crippen MR) is 88.4 cm³/mol. The number of carbonyl (C=O) groups is 1. The Labute approximate surface area is 136 Å². The number of para-hydroxylation sites is 1. The van der Waals surface area contributed by atoms with Gasteiger partial charge in [0.2, 0.25) is 0 Å². The Kier molecular flexibility index (Phi) is 5.67. The van der Waals surface area contributed by atoms with E-state index < -0.39 is 0 Å². The summed E-state index contributed by atoms with van der Waals surface area (Å²) in [7, 11) is 0. The minimum Gasteiger partial charge on any atom is -0.490 e. The molecular formula is C15H13ClINO2. The van der Waals surface area contributed by atoms with Gasteiger partial charge >= 0.3 is 0 Å². The van der Waals surface area contributed by atoms with Crippen molar-refractivity contribution in [2.45, 2.75) is 0 Å². The summed E-state index contributed by atoms with van der Waals surface area (Å²) in [6.45, 7) is 0.801.